The van der Waals surface area contributed by atoms with Gasteiger partial charge in [0.25, 0.3) is 11.7 Å². The Balaban J connectivity index is 2.33. The topological polar surface area (TPSA) is 103 Å². The number of aromatic nitrogens is 2. The molecule has 1 amide bonds. The average Bonchev–Trinajstić information content (AvgIpc) is 2.61. The largest absolute Gasteiger partial charge is 0.383 e. The molecule has 0 saturated carbocycles. The number of methoxy groups -OCH3 is 1. The van der Waals surface area contributed by atoms with Crippen molar-refractivity contribution in [1.29, 1.82) is 0 Å². The number of carbonyl (C=O) groups excluding carboxylic acids is 1. The van der Waals surface area contributed by atoms with E-state index in [9.17, 15) is 4.79 Å². The highest BCUT2D eigenvalue weighted by atomic mass is 16.5. The molecular formula is C7H12N4O3. The number of nitrogens with one attached hydrogen (secondary N) is 1. The van der Waals surface area contributed by atoms with Gasteiger partial charge in [-0.2, -0.15) is 4.98 Å². The van der Waals surface area contributed by atoms with Gasteiger partial charge in [-0.05, 0) is 0 Å². The molecule has 78 valence electrons. The second kappa shape index (κ2) is 5.30. The van der Waals surface area contributed by atoms with Crippen LogP contribution >= 0.6 is 0 Å². The van der Waals surface area contributed by atoms with Gasteiger partial charge < -0.3 is 20.3 Å². The molecule has 0 aliphatic carbocycles. The van der Waals surface area contributed by atoms with Gasteiger partial charge in [0, 0.05) is 13.7 Å². The highest BCUT2D eigenvalue weighted by Gasteiger charge is 2.09. The lowest BCUT2D eigenvalue weighted by molar-refractivity contribution is 0.0987. The molecule has 1 aromatic heterocycles. The molecule has 1 heterocycles. The van der Waals surface area contributed by atoms with Gasteiger partial charge >= 0.3 is 0 Å². The van der Waals surface area contributed by atoms with Gasteiger partial charge in [0.15, 0.2) is 0 Å². The third kappa shape index (κ3) is 3.11. The first-order valence-electron chi connectivity index (χ1n) is 4.06. The van der Waals surface area contributed by atoms with Gasteiger partial charge in [0.2, 0.25) is 5.89 Å². The number of hydrogen-bond donors (Lipinski definition) is 2. The second-order valence-corrected chi connectivity index (χ2v) is 2.55. The van der Waals surface area contributed by atoms with E-state index >= 15 is 0 Å². The molecule has 3 N–H and O–H groups in total. The van der Waals surface area contributed by atoms with Crippen molar-refractivity contribution in [2.24, 2.45) is 5.73 Å². The Labute approximate surface area is 80.6 Å². The Kier molecular flexibility index (Phi) is 4.02. The smallest absolute Gasteiger partial charge is 0.290 e. The van der Waals surface area contributed by atoms with Crippen molar-refractivity contribution < 1.29 is 14.1 Å². The van der Waals surface area contributed by atoms with Crippen LogP contribution in [0.2, 0.25) is 0 Å². The molecule has 0 bridgehead atoms. The lowest BCUT2D eigenvalue weighted by Crippen LogP contribution is -2.19. The molecule has 0 atom stereocenters. The number of rotatable bonds is 6. The van der Waals surface area contributed by atoms with Crippen LogP contribution in [0.3, 0.4) is 0 Å². The van der Waals surface area contributed by atoms with Crippen molar-refractivity contribution in [2.75, 3.05) is 20.3 Å². The lowest BCUT2D eigenvalue weighted by atomic mass is 10.5. The molecule has 0 saturated heterocycles. The Morgan fingerprint density at radius 1 is 1.71 bits per heavy atom. The summed E-state index contributed by atoms with van der Waals surface area (Å²) >= 11 is 0. The van der Waals surface area contributed by atoms with Gasteiger partial charge in [-0.3, -0.25) is 4.79 Å². The fourth-order valence-corrected chi connectivity index (χ4v) is 0.796. The summed E-state index contributed by atoms with van der Waals surface area (Å²) in [5, 5.41) is 6.36. The lowest BCUT2D eigenvalue weighted by Gasteiger charge is -1.98. The summed E-state index contributed by atoms with van der Waals surface area (Å²) in [6.07, 6.45) is 0. The molecule has 1 aromatic rings. The standard InChI is InChI=1S/C7H12N4O3/c1-13-3-2-9-4-5-10-7(6(8)12)11-14-5/h9H,2-4H2,1H3,(H2,8,12). The molecule has 0 radical (unpaired) electrons. The zero-order chi connectivity index (χ0) is 10.4. The van der Waals surface area contributed by atoms with Crippen LogP contribution in [0.1, 0.15) is 16.5 Å². The molecule has 14 heavy (non-hydrogen) atoms. The number of primary amides is 1. The van der Waals surface area contributed by atoms with E-state index in [4.69, 9.17) is 15.0 Å². The van der Waals surface area contributed by atoms with Crippen LogP contribution in [0.4, 0.5) is 0 Å². The van der Waals surface area contributed by atoms with Crippen LogP contribution in [0, 0.1) is 0 Å². The normalized spacial score (nSPS) is 10.4. The molecule has 0 aromatic carbocycles. The minimum absolute atomic E-state index is 0.103. The number of nitrogens with zero attached hydrogens (tertiary/aromatic N) is 2. The van der Waals surface area contributed by atoms with Gasteiger partial charge in [-0.25, -0.2) is 0 Å². The van der Waals surface area contributed by atoms with Crippen LogP contribution < -0.4 is 11.1 Å². The Morgan fingerprint density at radius 3 is 3.07 bits per heavy atom. The molecule has 0 aliphatic rings. The molecule has 7 heteroatoms. The number of amides is 1. The third-order valence-corrected chi connectivity index (χ3v) is 1.45. The minimum atomic E-state index is -0.697. The Hall–Kier alpha value is -1.47. The maximum atomic E-state index is 10.6. The van der Waals surface area contributed by atoms with E-state index in [1.54, 1.807) is 7.11 Å². The molecular weight excluding hydrogens is 188 g/mol. The van der Waals surface area contributed by atoms with Gasteiger partial charge in [-0.15, -0.1) is 0 Å². The maximum absolute atomic E-state index is 10.6. The summed E-state index contributed by atoms with van der Waals surface area (Å²) in [5.74, 6) is -0.472. The number of ether oxygens (including phenoxy) is 1. The maximum Gasteiger partial charge on any atom is 0.290 e. The van der Waals surface area contributed by atoms with E-state index in [1.165, 1.54) is 0 Å². The summed E-state index contributed by atoms with van der Waals surface area (Å²) in [7, 11) is 1.61. The van der Waals surface area contributed by atoms with Gasteiger partial charge in [-0.1, -0.05) is 5.16 Å². The second-order valence-electron chi connectivity index (χ2n) is 2.55. The monoisotopic (exact) mass is 200 g/mol. The highest BCUT2D eigenvalue weighted by Crippen LogP contribution is 1.95. The molecule has 0 aliphatic heterocycles. The first kappa shape index (κ1) is 10.6. The van der Waals surface area contributed by atoms with Crippen molar-refractivity contribution in [1.82, 2.24) is 15.5 Å². The van der Waals surface area contributed by atoms with E-state index in [0.717, 1.165) is 0 Å². The molecule has 0 spiro atoms. The Morgan fingerprint density at radius 2 is 2.50 bits per heavy atom. The predicted molar refractivity (Wildman–Crippen MR) is 46.4 cm³/mol. The van der Waals surface area contributed by atoms with E-state index in [1.807, 2.05) is 0 Å². The SMILES string of the molecule is COCCNCc1nc(C(N)=O)no1. The van der Waals surface area contributed by atoms with Gasteiger partial charge in [0.05, 0.1) is 13.2 Å². The van der Waals surface area contributed by atoms with E-state index in [-0.39, 0.29) is 5.82 Å². The van der Waals surface area contributed by atoms with Crippen molar-refractivity contribution in [2.45, 2.75) is 6.54 Å². The fourth-order valence-electron chi connectivity index (χ4n) is 0.796. The molecule has 0 fully saturated rings. The van der Waals surface area contributed by atoms with Crippen LogP contribution in [-0.2, 0) is 11.3 Å². The van der Waals surface area contributed by atoms with E-state index in [0.29, 0.717) is 25.6 Å². The first-order valence-corrected chi connectivity index (χ1v) is 4.06. The Bertz CT molecular complexity index is 299. The summed E-state index contributed by atoms with van der Waals surface area (Å²) < 4.78 is 9.56. The summed E-state index contributed by atoms with van der Waals surface area (Å²) in [6, 6.07) is 0. The van der Waals surface area contributed by atoms with Crippen LogP contribution in [0.15, 0.2) is 4.52 Å². The van der Waals surface area contributed by atoms with Crippen molar-refractivity contribution in [3.63, 3.8) is 0 Å². The fraction of sp³-hybridized carbons (Fsp3) is 0.571. The molecule has 0 unspecified atom stereocenters. The third-order valence-electron chi connectivity index (χ3n) is 1.45. The quantitative estimate of drug-likeness (QED) is 0.565. The molecule has 7 nitrogen and oxygen atoms in total. The van der Waals surface area contributed by atoms with E-state index in [2.05, 4.69) is 15.5 Å². The first-order chi connectivity index (χ1) is 6.74. The summed E-state index contributed by atoms with van der Waals surface area (Å²) in [6.45, 7) is 1.66. The minimum Gasteiger partial charge on any atom is -0.383 e. The van der Waals surface area contributed by atoms with Crippen molar-refractivity contribution >= 4 is 5.91 Å². The van der Waals surface area contributed by atoms with Crippen LogP contribution in [-0.4, -0.2) is 36.3 Å². The average molecular weight is 200 g/mol. The number of carbonyl (C=O) groups is 1. The van der Waals surface area contributed by atoms with Crippen molar-refractivity contribution in [3.05, 3.63) is 11.7 Å². The summed E-state index contributed by atoms with van der Waals surface area (Å²) in [5.41, 5.74) is 4.94. The zero-order valence-corrected chi connectivity index (χ0v) is 7.82. The highest BCUT2D eigenvalue weighted by molar-refractivity contribution is 5.88. The van der Waals surface area contributed by atoms with E-state index < -0.39 is 5.91 Å². The van der Waals surface area contributed by atoms with Crippen molar-refractivity contribution in [3.8, 4) is 0 Å². The summed E-state index contributed by atoms with van der Waals surface area (Å²) in [4.78, 5) is 14.3. The van der Waals surface area contributed by atoms with Crippen LogP contribution in [0.5, 0.6) is 0 Å². The number of hydrogen-bond acceptors (Lipinski definition) is 6. The van der Waals surface area contributed by atoms with Crippen LogP contribution in [0.25, 0.3) is 0 Å². The van der Waals surface area contributed by atoms with Gasteiger partial charge in [0.1, 0.15) is 0 Å². The zero-order valence-electron chi connectivity index (χ0n) is 7.82. The number of nitrogens with two attached hydrogens (primary N) is 1. The molecule has 1 rings (SSSR count). The predicted octanol–water partition coefficient (Wildman–Crippen LogP) is -1.10.